The number of unbranched alkanes of at least 4 members (excludes halogenated alkanes) is 2. The number of ether oxygens (including phenoxy) is 2. The summed E-state index contributed by atoms with van der Waals surface area (Å²) in [4.78, 5) is 11.8. The first-order valence-corrected chi connectivity index (χ1v) is 7.55. The minimum atomic E-state index is -0.434. The molecule has 0 aliphatic heterocycles. The fourth-order valence-corrected chi connectivity index (χ4v) is 1.90. The van der Waals surface area contributed by atoms with Crippen LogP contribution in [0.25, 0.3) is 0 Å². The number of aliphatic hydroxyl groups is 1. The maximum atomic E-state index is 11.8. The number of aliphatic hydroxyl groups excluding tert-OH is 1. The third kappa shape index (κ3) is 6.63. The van der Waals surface area contributed by atoms with Crippen molar-refractivity contribution in [2.24, 2.45) is 0 Å². The van der Waals surface area contributed by atoms with E-state index in [1.165, 1.54) is 0 Å². The summed E-state index contributed by atoms with van der Waals surface area (Å²) in [6.45, 7) is 6.49. The van der Waals surface area contributed by atoms with Crippen molar-refractivity contribution in [2.45, 2.75) is 52.1 Å². The Hall–Kier alpha value is -1.55. The fourth-order valence-electron chi connectivity index (χ4n) is 1.90. The highest BCUT2D eigenvalue weighted by Crippen LogP contribution is 2.21. The van der Waals surface area contributed by atoms with Crippen LogP contribution in [0.2, 0.25) is 0 Å². The molecule has 0 spiro atoms. The number of rotatable bonds is 9. The van der Waals surface area contributed by atoms with Gasteiger partial charge in [0.2, 0.25) is 0 Å². The molecule has 21 heavy (non-hydrogen) atoms. The maximum absolute atomic E-state index is 11.8. The van der Waals surface area contributed by atoms with Gasteiger partial charge in [-0.05, 0) is 44.5 Å². The summed E-state index contributed by atoms with van der Waals surface area (Å²) in [6, 6.07) is 6.91. The highest BCUT2D eigenvalue weighted by Gasteiger charge is 2.19. The van der Waals surface area contributed by atoms with Gasteiger partial charge in [0, 0.05) is 13.0 Å². The van der Waals surface area contributed by atoms with Crippen molar-refractivity contribution in [1.29, 1.82) is 0 Å². The molecule has 0 amide bonds. The van der Waals surface area contributed by atoms with Crippen molar-refractivity contribution < 1.29 is 19.4 Å². The largest absolute Gasteiger partial charge is 0.488 e. The van der Waals surface area contributed by atoms with Crippen LogP contribution in [0.1, 0.15) is 56.8 Å². The zero-order chi connectivity index (χ0) is 15.7. The monoisotopic (exact) mass is 294 g/mol. The molecule has 4 heteroatoms. The number of carbonyl (C=O) groups is 1. The summed E-state index contributed by atoms with van der Waals surface area (Å²) in [5, 5.41) is 8.98. The van der Waals surface area contributed by atoms with E-state index in [4.69, 9.17) is 14.6 Å². The van der Waals surface area contributed by atoms with Crippen molar-refractivity contribution in [3.63, 3.8) is 0 Å². The van der Waals surface area contributed by atoms with Gasteiger partial charge in [0.15, 0.2) is 0 Å². The van der Waals surface area contributed by atoms with Crippen LogP contribution in [-0.4, -0.2) is 29.9 Å². The molecule has 0 aliphatic rings. The van der Waals surface area contributed by atoms with Gasteiger partial charge in [0.05, 0.1) is 12.2 Å². The highest BCUT2D eigenvalue weighted by atomic mass is 16.5. The predicted octanol–water partition coefficient (Wildman–Crippen LogP) is 3.57. The highest BCUT2D eigenvalue weighted by molar-refractivity contribution is 5.89. The van der Waals surface area contributed by atoms with E-state index in [-0.39, 0.29) is 12.6 Å². The van der Waals surface area contributed by atoms with Crippen LogP contribution in [0.15, 0.2) is 24.3 Å². The molecule has 1 aromatic carbocycles. The molecular weight excluding hydrogens is 268 g/mol. The molecule has 118 valence electrons. The third-order valence-electron chi connectivity index (χ3n) is 3.18. The summed E-state index contributed by atoms with van der Waals surface area (Å²) in [7, 11) is 0. The first-order chi connectivity index (χ1) is 9.98. The molecular formula is C17H26O4. The Bertz CT molecular complexity index is 423. The Kier molecular flexibility index (Phi) is 7.23. The SMILES string of the molecule is CCCCCOC(=O)c1ccc(OC(C)(C)CCO)cc1. The third-order valence-corrected chi connectivity index (χ3v) is 3.18. The van der Waals surface area contributed by atoms with E-state index >= 15 is 0 Å². The van der Waals surface area contributed by atoms with Gasteiger partial charge < -0.3 is 14.6 Å². The molecule has 0 unspecified atom stereocenters. The summed E-state index contributed by atoms with van der Waals surface area (Å²) in [5.41, 5.74) is 0.0931. The van der Waals surface area contributed by atoms with Crippen LogP contribution in [-0.2, 0) is 4.74 Å². The molecule has 0 aromatic heterocycles. The summed E-state index contributed by atoms with van der Waals surface area (Å²) in [6.07, 6.45) is 3.63. The van der Waals surface area contributed by atoms with Crippen LogP contribution in [0.5, 0.6) is 5.75 Å². The normalized spacial score (nSPS) is 11.2. The first-order valence-electron chi connectivity index (χ1n) is 7.55. The number of hydrogen-bond acceptors (Lipinski definition) is 4. The smallest absolute Gasteiger partial charge is 0.338 e. The van der Waals surface area contributed by atoms with Gasteiger partial charge in [0.25, 0.3) is 0 Å². The second-order valence-corrected chi connectivity index (χ2v) is 5.70. The Balaban J connectivity index is 2.51. The second kappa shape index (κ2) is 8.67. The lowest BCUT2D eigenvalue weighted by molar-refractivity contribution is 0.0498. The van der Waals surface area contributed by atoms with Crippen LogP contribution >= 0.6 is 0 Å². The lowest BCUT2D eigenvalue weighted by atomic mass is 10.1. The van der Waals surface area contributed by atoms with E-state index in [2.05, 4.69) is 6.92 Å². The summed E-state index contributed by atoms with van der Waals surface area (Å²) in [5.74, 6) is 0.378. The predicted molar refractivity (Wildman–Crippen MR) is 82.7 cm³/mol. The lowest BCUT2D eigenvalue weighted by Crippen LogP contribution is -2.29. The molecule has 4 nitrogen and oxygen atoms in total. The Morgan fingerprint density at radius 1 is 1.19 bits per heavy atom. The molecule has 0 aliphatic carbocycles. The van der Waals surface area contributed by atoms with Crippen molar-refractivity contribution in [1.82, 2.24) is 0 Å². The van der Waals surface area contributed by atoms with E-state index in [1.807, 2.05) is 13.8 Å². The van der Waals surface area contributed by atoms with Gasteiger partial charge in [0.1, 0.15) is 11.4 Å². The van der Waals surface area contributed by atoms with Crippen molar-refractivity contribution in [3.8, 4) is 5.75 Å². The van der Waals surface area contributed by atoms with Crippen LogP contribution in [0, 0.1) is 0 Å². The Labute approximate surface area is 127 Å². The van der Waals surface area contributed by atoms with Crippen LogP contribution in [0.3, 0.4) is 0 Å². The number of esters is 1. The zero-order valence-corrected chi connectivity index (χ0v) is 13.2. The van der Waals surface area contributed by atoms with Gasteiger partial charge in [-0.3, -0.25) is 0 Å². The second-order valence-electron chi connectivity index (χ2n) is 5.70. The summed E-state index contributed by atoms with van der Waals surface area (Å²) < 4.78 is 11.0. The molecule has 0 radical (unpaired) electrons. The zero-order valence-electron chi connectivity index (χ0n) is 13.2. The van der Waals surface area contributed by atoms with Crippen LogP contribution in [0.4, 0.5) is 0 Å². The molecule has 1 rings (SSSR count). The first kappa shape index (κ1) is 17.5. The van der Waals surface area contributed by atoms with Gasteiger partial charge >= 0.3 is 5.97 Å². The van der Waals surface area contributed by atoms with Gasteiger partial charge in [-0.2, -0.15) is 0 Å². The van der Waals surface area contributed by atoms with E-state index in [0.717, 1.165) is 19.3 Å². The maximum Gasteiger partial charge on any atom is 0.338 e. The molecule has 1 aromatic rings. The Morgan fingerprint density at radius 2 is 1.86 bits per heavy atom. The average Bonchev–Trinajstić information content (AvgIpc) is 2.43. The number of benzene rings is 1. The minimum absolute atomic E-state index is 0.0785. The van der Waals surface area contributed by atoms with Crippen molar-refractivity contribution in [2.75, 3.05) is 13.2 Å². The van der Waals surface area contributed by atoms with Gasteiger partial charge in [-0.1, -0.05) is 19.8 Å². The number of hydrogen-bond donors (Lipinski definition) is 1. The van der Waals surface area contributed by atoms with E-state index in [9.17, 15) is 4.79 Å². The Morgan fingerprint density at radius 3 is 2.43 bits per heavy atom. The van der Waals surface area contributed by atoms with Gasteiger partial charge in [-0.15, -0.1) is 0 Å². The van der Waals surface area contributed by atoms with Crippen molar-refractivity contribution >= 4 is 5.97 Å². The minimum Gasteiger partial charge on any atom is -0.488 e. The van der Waals surface area contributed by atoms with Gasteiger partial charge in [-0.25, -0.2) is 4.79 Å². The van der Waals surface area contributed by atoms with Crippen LogP contribution < -0.4 is 4.74 Å². The lowest BCUT2D eigenvalue weighted by Gasteiger charge is -2.25. The summed E-state index contributed by atoms with van der Waals surface area (Å²) >= 11 is 0. The molecule has 0 heterocycles. The molecule has 0 atom stereocenters. The molecule has 0 saturated heterocycles. The molecule has 0 bridgehead atoms. The van der Waals surface area contributed by atoms with E-state index in [1.54, 1.807) is 24.3 Å². The van der Waals surface area contributed by atoms with Crippen molar-refractivity contribution in [3.05, 3.63) is 29.8 Å². The molecule has 0 saturated carbocycles. The quantitative estimate of drug-likeness (QED) is 0.559. The molecule has 1 N–H and O–H groups in total. The average molecular weight is 294 g/mol. The standard InChI is InChI=1S/C17H26O4/c1-4-5-6-13-20-16(19)14-7-9-15(10-8-14)21-17(2,3)11-12-18/h7-10,18H,4-6,11-13H2,1-3H3. The van der Waals surface area contributed by atoms with E-state index < -0.39 is 5.60 Å². The topological polar surface area (TPSA) is 55.8 Å². The number of carbonyl (C=O) groups excluding carboxylic acids is 1. The molecule has 0 fully saturated rings. The fraction of sp³-hybridized carbons (Fsp3) is 0.588. The van der Waals surface area contributed by atoms with E-state index in [0.29, 0.717) is 24.3 Å².